The van der Waals surface area contributed by atoms with Crippen LogP contribution in [0.3, 0.4) is 0 Å². The molecule has 0 aromatic heterocycles. The predicted octanol–water partition coefficient (Wildman–Crippen LogP) is 6.03. The lowest BCUT2D eigenvalue weighted by Gasteiger charge is -2.30. The second-order valence-corrected chi connectivity index (χ2v) is 7.62. The first-order valence-electron chi connectivity index (χ1n) is 8.91. The van der Waals surface area contributed by atoms with E-state index < -0.39 is 0 Å². The Kier molecular flexibility index (Phi) is 7.03. The molecular formula is C20H37N. The molecule has 1 saturated carbocycles. The van der Waals surface area contributed by atoms with Crippen molar-refractivity contribution >= 4 is 0 Å². The van der Waals surface area contributed by atoms with Gasteiger partial charge in [-0.05, 0) is 63.2 Å². The first-order chi connectivity index (χ1) is 9.84. The second-order valence-electron chi connectivity index (χ2n) is 7.62. The normalized spacial score (nSPS) is 25.3. The summed E-state index contributed by atoms with van der Waals surface area (Å²) in [6, 6.07) is 0. The average Bonchev–Trinajstić information content (AvgIpc) is 3.06. The molecule has 3 unspecified atom stereocenters. The topological polar surface area (TPSA) is 3.24 Å². The Morgan fingerprint density at radius 2 is 2.05 bits per heavy atom. The van der Waals surface area contributed by atoms with E-state index in [-0.39, 0.29) is 0 Å². The van der Waals surface area contributed by atoms with E-state index in [1.54, 1.807) is 0 Å². The highest BCUT2D eigenvalue weighted by molar-refractivity contribution is 5.06. The van der Waals surface area contributed by atoms with Gasteiger partial charge in [0.05, 0.1) is 0 Å². The highest BCUT2D eigenvalue weighted by Gasteiger charge is 2.49. The van der Waals surface area contributed by atoms with Crippen LogP contribution >= 0.6 is 0 Å². The largest absolute Gasteiger partial charge is 0.375 e. The highest BCUT2D eigenvalue weighted by atomic mass is 15.1. The molecule has 0 N–H and O–H groups in total. The lowest BCUT2D eigenvalue weighted by Crippen LogP contribution is -2.29. The molecule has 1 heteroatoms. The van der Waals surface area contributed by atoms with Crippen molar-refractivity contribution < 1.29 is 0 Å². The molecule has 1 aliphatic rings. The van der Waals surface area contributed by atoms with Crippen LogP contribution in [0.15, 0.2) is 23.9 Å². The van der Waals surface area contributed by atoms with Crippen molar-refractivity contribution in [3.63, 3.8) is 0 Å². The molecule has 1 nitrogen and oxygen atoms in total. The Hall–Kier alpha value is -0.720. The molecule has 1 aliphatic carbocycles. The zero-order chi connectivity index (χ0) is 16.0. The smallest absolute Gasteiger partial charge is 0.0208 e. The van der Waals surface area contributed by atoms with Crippen molar-refractivity contribution in [2.75, 3.05) is 13.1 Å². The Bertz CT molecular complexity index is 364. The third-order valence-corrected chi connectivity index (χ3v) is 5.33. The van der Waals surface area contributed by atoms with Gasteiger partial charge in [-0.1, -0.05) is 45.9 Å². The summed E-state index contributed by atoms with van der Waals surface area (Å²) in [5, 5.41) is 0. The van der Waals surface area contributed by atoms with Crippen LogP contribution in [-0.2, 0) is 0 Å². The summed E-state index contributed by atoms with van der Waals surface area (Å²) in [4.78, 5) is 2.57. The van der Waals surface area contributed by atoms with Crippen LogP contribution in [0.2, 0.25) is 0 Å². The molecule has 122 valence electrons. The van der Waals surface area contributed by atoms with E-state index in [1.165, 1.54) is 56.5 Å². The minimum atomic E-state index is 0.577. The van der Waals surface area contributed by atoms with Crippen molar-refractivity contribution in [1.82, 2.24) is 4.90 Å². The SMILES string of the molecule is C=C(C(C)CC)N(CCC)CC1CC1(C)CCC=C(C)C. The van der Waals surface area contributed by atoms with E-state index in [4.69, 9.17) is 0 Å². The van der Waals surface area contributed by atoms with Crippen LogP contribution in [-0.4, -0.2) is 18.0 Å². The van der Waals surface area contributed by atoms with Crippen LogP contribution in [0.4, 0.5) is 0 Å². The van der Waals surface area contributed by atoms with Crippen LogP contribution < -0.4 is 0 Å². The standard InChI is InChI=1S/C20H37N/c1-8-13-21(18(6)17(5)9-2)15-19-14-20(19,7)12-10-11-16(3)4/h11,17,19H,6,8-10,12-15H2,1-5,7H3. The fraction of sp³-hybridized carbons (Fsp3) is 0.800. The quantitative estimate of drug-likeness (QED) is 0.444. The van der Waals surface area contributed by atoms with E-state index in [1.807, 2.05) is 0 Å². The van der Waals surface area contributed by atoms with Gasteiger partial charge in [0.1, 0.15) is 0 Å². The van der Waals surface area contributed by atoms with Crippen LogP contribution in [0.1, 0.15) is 73.6 Å². The molecule has 21 heavy (non-hydrogen) atoms. The van der Waals surface area contributed by atoms with Crippen molar-refractivity contribution in [3.05, 3.63) is 23.9 Å². The Morgan fingerprint density at radius 3 is 2.57 bits per heavy atom. The van der Waals surface area contributed by atoms with Gasteiger partial charge in [0, 0.05) is 18.8 Å². The lowest BCUT2D eigenvalue weighted by molar-refractivity contribution is 0.274. The second kappa shape index (κ2) is 8.06. The van der Waals surface area contributed by atoms with E-state index in [9.17, 15) is 0 Å². The van der Waals surface area contributed by atoms with E-state index in [0.29, 0.717) is 11.3 Å². The van der Waals surface area contributed by atoms with E-state index in [2.05, 4.69) is 59.1 Å². The molecule has 1 fully saturated rings. The van der Waals surface area contributed by atoms with Crippen LogP contribution in [0.25, 0.3) is 0 Å². The highest BCUT2D eigenvalue weighted by Crippen LogP contribution is 2.56. The lowest BCUT2D eigenvalue weighted by atomic mass is 9.98. The van der Waals surface area contributed by atoms with Gasteiger partial charge in [-0.15, -0.1) is 0 Å². The Morgan fingerprint density at radius 1 is 1.38 bits per heavy atom. The van der Waals surface area contributed by atoms with E-state index in [0.717, 1.165) is 5.92 Å². The molecule has 0 bridgehead atoms. The number of hydrogen-bond acceptors (Lipinski definition) is 1. The van der Waals surface area contributed by atoms with Gasteiger partial charge in [-0.3, -0.25) is 0 Å². The number of allylic oxidation sites excluding steroid dienone is 3. The first-order valence-corrected chi connectivity index (χ1v) is 8.91. The van der Waals surface area contributed by atoms with Gasteiger partial charge in [-0.25, -0.2) is 0 Å². The summed E-state index contributed by atoms with van der Waals surface area (Å²) in [6.45, 7) is 20.5. The molecule has 0 aromatic carbocycles. The van der Waals surface area contributed by atoms with Gasteiger partial charge in [0.25, 0.3) is 0 Å². The maximum atomic E-state index is 4.37. The molecule has 0 spiro atoms. The summed E-state index contributed by atoms with van der Waals surface area (Å²) in [5.74, 6) is 1.49. The van der Waals surface area contributed by atoms with E-state index >= 15 is 0 Å². The first kappa shape index (κ1) is 18.3. The van der Waals surface area contributed by atoms with Crippen LogP contribution in [0, 0.1) is 17.3 Å². The number of nitrogens with zero attached hydrogens (tertiary/aromatic N) is 1. The molecule has 0 amide bonds. The molecule has 1 rings (SSSR count). The molecule has 0 aromatic rings. The molecule has 0 saturated heterocycles. The summed E-state index contributed by atoms with van der Waals surface area (Å²) in [6.07, 6.45) is 8.80. The fourth-order valence-corrected chi connectivity index (χ4v) is 3.22. The minimum absolute atomic E-state index is 0.577. The van der Waals surface area contributed by atoms with Gasteiger partial charge in [0.2, 0.25) is 0 Å². The van der Waals surface area contributed by atoms with Crippen molar-refractivity contribution in [2.45, 2.75) is 73.6 Å². The molecule has 3 atom stereocenters. The van der Waals surface area contributed by atoms with Gasteiger partial charge in [0.15, 0.2) is 0 Å². The Labute approximate surface area is 133 Å². The minimum Gasteiger partial charge on any atom is -0.375 e. The fourth-order valence-electron chi connectivity index (χ4n) is 3.22. The third kappa shape index (κ3) is 5.52. The maximum Gasteiger partial charge on any atom is 0.0208 e. The summed E-state index contributed by atoms with van der Waals surface area (Å²) in [7, 11) is 0. The zero-order valence-corrected chi connectivity index (χ0v) is 15.3. The average molecular weight is 292 g/mol. The van der Waals surface area contributed by atoms with Gasteiger partial charge in [-0.2, -0.15) is 0 Å². The molecular weight excluding hydrogens is 254 g/mol. The molecule has 0 radical (unpaired) electrons. The predicted molar refractivity (Wildman–Crippen MR) is 95.3 cm³/mol. The van der Waals surface area contributed by atoms with Crippen molar-refractivity contribution in [3.8, 4) is 0 Å². The number of rotatable bonds is 10. The van der Waals surface area contributed by atoms with Crippen molar-refractivity contribution in [2.24, 2.45) is 17.3 Å². The summed E-state index contributed by atoms with van der Waals surface area (Å²) in [5.41, 5.74) is 3.39. The van der Waals surface area contributed by atoms with Crippen LogP contribution in [0.5, 0.6) is 0 Å². The third-order valence-electron chi connectivity index (χ3n) is 5.33. The van der Waals surface area contributed by atoms with Gasteiger partial charge >= 0.3 is 0 Å². The monoisotopic (exact) mass is 291 g/mol. The number of hydrogen-bond donors (Lipinski definition) is 0. The van der Waals surface area contributed by atoms with Crippen molar-refractivity contribution in [1.29, 1.82) is 0 Å². The summed E-state index contributed by atoms with van der Waals surface area (Å²) < 4.78 is 0. The van der Waals surface area contributed by atoms with Gasteiger partial charge < -0.3 is 4.90 Å². The maximum absolute atomic E-state index is 4.37. The zero-order valence-electron chi connectivity index (χ0n) is 15.3. The molecule has 0 aliphatic heterocycles. The Balaban J connectivity index is 2.50. The molecule has 0 heterocycles. The summed E-state index contributed by atoms with van der Waals surface area (Å²) >= 11 is 0.